The van der Waals surface area contributed by atoms with Crippen LogP contribution in [0.15, 0.2) is 41.1 Å². The summed E-state index contributed by atoms with van der Waals surface area (Å²) in [5.74, 6) is 0.889. The smallest absolute Gasteiger partial charge is 0.119 e. The number of halogens is 1. The molecule has 0 aliphatic carbocycles. The van der Waals surface area contributed by atoms with Gasteiger partial charge in [0.25, 0.3) is 0 Å². The van der Waals surface area contributed by atoms with Crippen molar-refractivity contribution in [3.05, 3.63) is 52.2 Å². The summed E-state index contributed by atoms with van der Waals surface area (Å²) >= 11 is 8.03. The summed E-state index contributed by atoms with van der Waals surface area (Å²) in [7, 11) is 0. The first kappa shape index (κ1) is 11.5. The summed E-state index contributed by atoms with van der Waals surface area (Å²) in [5, 5.41) is 4.05. The highest BCUT2D eigenvalue weighted by Crippen LogP contribution is 2.30. The van der Waals surface area contributed by atoms with E-state index in [0.29, 0.717) is 6.61 Å². The van der Waals surface area contributed by atoms with Gasteiger partial charge in [-0.1, -0.05) is 12.1 Å². The van der Waals surface area contributed by atoms with Gasteiger partial charge in [0.15, 0.2) is 0 Å². The van der Waals surface area contributed by atoms with Crippen molar-refractivity contribution < 1.29 is 4.74 Å². The summed E-state index contributed by atoms with van der Waals surface area (Å²) < 4.78 is 5.39. The van der Waals surface area contributed by atoms with Gasteiger partial charge in [-0.05, 0) is 47.0 Å². The molecule has 0 bridgehead atoms. The van der Waals surface area contributed by atoms with Crippen molar-refractivity contribution in [1.29, 1.82) is 0 Å². The van der Waals surface area contributed by atoms with Crippen molar-refractivity contribution in [2.45, 2.75) is 12.3 Å². The first-order chi connectivity index (χ1) is 7.81. The summed E-state index contributed by atoms with van der Waals surface area (Å²) in [5.41, 5.74) is 2.25. The highest BCUT2D eigenvalue weighted by molar-refractivity contribution is 7.08. The Morgan fingerprint density at radius 1 is 1.19 bits per heavy atom. The quantitative estimate of drug-likeness (QED) is 0.730. The zero-order valence-electron chi connectivity index (χ0n) is 9.02. The first-order valence-electron chi connectivity index (χ1n) is 5.20. The maximum atomic E-state index is 6.37. The van der Waals surface area contributed by atoms with Crippen molar-refractivity contribution in [2.75, 3.05) is 6.61 Å². The molecule has 1 aromatic heterocycles. The van der Waals surface area contributed by atoms with Crippen LogP contribution in [0.2, 0.25) is 0 Å². The molecule has 3 heteroatoms. The monoisotopic (exact) mass is 252 g/mol. The Morgan fingerprint density at radius 2 is 1.94 bits per heavy atom. The molecule has 0 aliphatic rings. The molecule has 84 valence electrons. The number of hydrogen-bond donors (Lipinski definition) is 0. The molecule has 0 N–H and O–H groups in total. The second kappa shape index (κ2) is 5.37. The molecule has 0 spiro atoms. The summed E-state index contributed by atoms with van der Waals surface area (Å²) in [6.45, 7) is 2.66. The standard InChI is InChI=1S/C13H13ClOS/c1-2-15-12-5-3-10(4-6-12)13(14)11-7-8-16-9-11/h3-9,13H,2H2,1H3. The molecule has 0 aliphatic heterocycles. The van der Waals surface area contributed by atoms with E-state index in [0.717, 1.165) is 16.9 Å². The van der Waals surface area contributed by atoms with Crippen molar-refractivity contribution in [2.24, 2.45) is 0 Å². The van der Waals surface area contributed by atoms with E-state index in [-0.39, 0.29) is 5.38 Å². The van der Waals surface area contributed by atoms with Crippen LogP contribution in [0.5, 0.6) is 5.75 Å². The maximum absolute atomic E-state index is 6.37. The molecule has 0 radical (unpaired) electrons. The van der Waals surface area contributed by atoms with Crippen LogP contribution < -0.4 is 4.74 Å². The van der Waals surface area contributed by atoms with E-state index in [2.05, 4.69) is 11.4 Å². The van der Waals surface area contributed by atoms with Gasteiger partial charge in [-0.15, -0.1) is 11.6 Å². The van der Waals surface area contributed by atoms with Gasteiger partial charge in [0.1, 0.15) is 5.75 Å². The summed E-state index contributed by atoms with van der Waals surface area (Å²) in [6.07, 6.45) is 0. The van der Waals surface area contributed by atoms with E-state index in [4.69, 9.17) is 16.3 Å². The van der Waals surface area contributed by atoms with E-state index in [9.17, 15) is 0 Å². The summed E-state index contributed by atoms with van der Waals surface area (Å²) in [6, 6.07) is 10.0. The lowest BCUT2D eigenvalue weighted by atomic mass is 10.1. The fourth-order valence-corrected chi connectivity index (χ4v) is 2.55. The number of benzene rings is 1. The number of thiophene rings is 1. The minimum Gasteiger partial charge on any atom is -0.494 e. The first-order valence-corrected chi connectivity index (χ1v) is 6.58. The van der Waals surface area contributed by atoms with E-state index < -0.39 is 0 Å². The molecule has 1 unspecified atom stereocenters. The van der Waals surface area contributed by atoms with Crippen LogP contribution in [0, 0.1) is 0 Å². The van der Waals surface area contributed by atoms with Crippen LogP contribution in [-0.4, -0.2) is 6.61 Å². The minimum atomic E-state index is -0.0677. The molecule has 1 nitrogen and oxygen atoms in total. The Morgan fingerprint density at radius 3 is 2.50 bits per heavy atom. The lowest BCUT2D eigenvalue weighted by molar-refractivity contribution is 0.340. The van der Waals surface area contributed by atoms with Gasteiger partial charge in [0, 0.05) is 0 Å². The SMILES string of the molecule is CCOc1ccc(C(Cl)c2ccsc2)cc1. The zero-order valence-corrected chi connectivity index (χ0v) is 10.6. The molecule has 1 heterocycles. The number of alkyl halides is 1. The van der Waals surface area contributed by atoms with Crippen molar-refractivity contribution in [1.82, 2.24) is 0 Å². The average molecular weight is 253 g/mol. The Hall–Kier alpha value is -0.990. The van der Waals surface area contributed by atoms with Gasteiger partial charge >= 0.3 is 0 Å². The molecular formula is C13H13ClOS. The third-order valence-electron chi connectivity index (χ3n) is 2.32. The second-order valence-corrected chi connectivity index (χ2v) is 4.64. The van der Waals surface area contributed by atoms with Crippen LogP contribution in [0.25, 0.3) is 0 Å². The van der Waals surface area contributed by atoms with Crippen LogP contribution in [0.1, 0.15) is 23.4 Å². The van der Waals surface area contributed by atoms with Crippen LogP contribution in [0.4, 0.5) is 0 Å². The number of hydrogen-bond acceptors (Lipinski definition) is 2. The Labute approximate surface area is 105 Å². The lowest BCUT2D eigenvalue weighted by Gasteiger charge is -2.09. The predicted octanol–water partition coefficient (Wildman–Crippen LogP) is 4.48. The van der Waals surface area contributed by atoms with Crippen LogP contribution in [0.3, 0.4) is 0 Å². The lowest BCUT2D eigenvalue weighted by Crippen LogP contribution is -1.93. The van der Waals surface area contributed by atoms with E-state index >= 15 is 0 Å². The van der Waals surface area contributed by atoms with Gasteiger partial charge in [-0.2, -0.15) is 11.3 Å². The zero-order chi connectivity index (χ0) is 11.4. The molecule has 16 heavy (non-hydrogen) atoms. The average Bonchev–Trinajstić information content (AvgIpc) is 2.83. The highest BCUT2D eigenvalue weighted by atomic mass is 35.5. The summed E-state index contributed by atoms with van der Waals surface area (Å²) in [4.78, 5) is 0. The van der Waals surface area contributed by atoms with E-state index in [1.54, 1.807) is 11.3 Å². The molecule has 0 saturated heterocycles. The Balaban J connectivity index is 2.15. The Kier molecular flexibility index (Phi) is 3.86. The third kappa shape index (κ3) is 2.57. The topological polar surface area (TPSA) is 9.23 Å². The van der Waals surface area contributed by atoms with E-state index in [1.807, 2.05) is 36.6 Å². The molecule has 1 aromatic carbocycles. The largest absolute Gasteiger partial charge is 0.494 e. The van der Waals surface area contributed by atoms with Crippen LogP contribution >= 0.6 is 22.9 Å². The molecule has 2 aromatic rings. The highest BCUT2D eigenvalue weighted by Gasteiger charge is 2.10. The number of ether oxygens (including phenoxy) is 1. The Bertz CT molecular complexity index is 422. The predicted molar refractivity (Wildman–Crippen MR) is 69.6 cm³/mol. The van der Waals surface area contributed by atoms with Crippen LogP contribution in [-0.2, 0) is 0 Å². The molecular weight excluding hydrogens is 240 g/mol. The van der Waals surface area contributed by atoms with Gasteiger partial charge < -0.3 is 4.74 Å². The van der Waals surface area contributed by atoms with Gasteiger partial charge in [-0.25, -0.2) is 0 Å². The maximum Gasteiger partial charge on any atom is 0.119 e. The second-order valence-electron chi connectivity index (χ2n) is 3.42. The molecule has 0 saturated carbocycles. The normalized spacial score (nSPS) is 12.4. The van der Waals surface area contributed by atoms with Crippen molar-refractivity contribution >= 4 is 22.9 Å². The fourth-order valence-electron chi connectivity index (χ4n) is 1.51. The molecule has 0 amide bonds. The van der Waals surface area contributed by atoms with Gasteiger partial charge in [-0.3, -0.25) is 0 Å². The van der Waals surface area contributed by atoms with Crippen molar-refractivity contribution in [3.8, 4) is 5.75 Å². The van der Waals surface area contributed by atoms with Crippen molar-refractivity contribution in [3.63, 3.8) is 0 Å². The molecule has 1 atom stereocenters. The minimum absolute atomic E-state index is 0.0677. The van der Waals surface area contributed by atoms with Gasteiger partial charge in [0.05, 0.1) is 12.0 Å². The number of rotatable bonds is 4. The van der Waals surface area contributed by atoms with E-state index in [1.165, 1.54) is 0 Å². The van der Waals surface area contributed by atoms with Gasteiger partial charge in [0.2, 0.25) is 0 Å². The molecule has 0 fully saturated rings. The molecule has 2 rings (SSSR count). The third-order valence-corrected chi connectivity index (χ3v) is 3.53. The fraction of sp³-hybridized carbons (Fsp3) is 0.231.